The predicted molar refractivity (Wildman–Crippen MR) is 106 cm³/mol. The first kappa shape index (κ1) is 18.5. The number of aromatic nitrogens is 2. The summed E-state index contributed by atoms with van der Waals surface area (Å²) < 4.78 is 16.7. The maximum absolute atomic E-state index is 12.1. The van der Waals surface area contributed by atoms with Gasteiger partial charge < -0.3 is 18.9 Å². The van der Waals surface area contributed by atoms with E-state index in [0.29, 0.717) is 36.1 Å². The zero-order valence-electron chi connectivity index (χ0n) is 15.6. The number of hydrogen-bond acceptors (Lipinski definition) is 6. The molecular formula is C22H19N3O4. The van der Waals surface area contributed by atoms with Crippen LogP contribution in [0.15, 0.2) is 81.8 Å². The van der Waals surface area contributed by atoms with Crippen LogP contribution in [0.4, 0.5) is 0 Å². The van der Waals surface area contributed by atoms with E-state index in [1.54, 1.807) is 12.3 Å². The Morgan fingerprint density at radius 3 is 2.55 bits per heavy atom. The summed E-state index contributed by atoms with van der Waals surface area (Å²) in [5.41, 5.74) is 1.46. The van der Waals surface area contributed by atoms with E-state index in [4.69, 9.17) is 13.6 Å². The Balaban J connectivity index is 1.38. The van der Waals surface area contributed by atoms with Gasteiger partial charge in [0.1, 0.15) is 11.5 Å². The van der Waals surface area contributed by atoms with Gasteiger partial charge in [0.2, 0.25) is 5.89 Å². The summed E-state index contributed by atoms with van der Waals surface area (Å²) in [4.78, 5) is 12.1. The van der Waals surface area contributed by atoms with E-state index in [1.165, 1.54) is 0 Å². The van der Waals surface area contributed by atoms with Crippen molar-refractivity contribution in [2.24, 2.45) is 0 Å². The van der Waals surface area contributed by atoms with Crippen LogP contribution in [0.1, 0.15) is 5.76 Å². The molecule has 7 heteroatoms. The minimum atomic E-state index is -0.220. The number of para-hydroxylation sites is 1. The van der Waals surface area contributed by atoms with Gasteiger partial charge in [-0.15, -0.1) is 10.2 Å². The lowest BCUT2D eigenvalue weighted by Crippen LogP contribution is -2.30. The minimum Gasteiger partial charge on any atom is -0.483 e. The van der Waals surface area contributed by atoms with Gasteiger partial charge in [0.15, 0.2) is 6.61 Å². The van der Waals surface area contributed by atoms with Crippen molar-refractivity contribution in [1.29, 1.82) is 0 Å². The number of hydrogen-bond donors (Lipinski definition) is 1. The molecule has 0 aliphatic carbocycles. The molecule has 0 bridgehead atoms. The summed E-state index contributed by atoms with van der Waals surface area (Å²) in [6.07, 6.45) is 2.23. The first-order chi connectivity index (χ1) is 14.3. The van der Waals surface area contributed by atoms with Crippen LogP contribution in [0.5, 0.6) is 5.75 Å². The average Bonchev–Trinajstić information content (AvgIpc) is 3.45. The number of benzene rings is 2. The van der Waals surface area contributed by atoms with Gasteiger partial charge in [-0.05, 0) is 36.4 Å². The Kier molecular flexibility index (Phi) is 5.66. The van der Waals surface area contributed by atoms with E-state index in [-0.39, 0.29) is 12.5 Å². The SMILES string of the molecule is O=C(COc1ccccc1-c1nnc(-c2ccccc2)o1)NCCc1ccco1. The van der Waals surface area contributed by atoms with Crippen molar-refractivity contribution in [2.75, 3.05) is 13.2 Å². The molecule has 0 aliphatic rings. The zero-order valence-corrected chi connectivity index (χ0v) is 15.6. The molecule has 0 saturated carbocycles. The maximum atomic E-state index is 12.1. The van der Waals surface area contributed by atoms with Crippen molar-refractivity contribution in [3.63, 3.8) is 0 Å². The Hall–Kier alpha value is -3.87. The fraction of sp³-hybridized carbons (Fsp3) is 0.136. The van der Waals surface area contributed by atoms with Gasteiger partial charge in [0, 0.05) is 18.5 Å². The largest absolute Gasteiger partial charge is 0.483 e. The highest BCUT2D eigenvalue weighted by molar-refractivity contribution is 5.78. The smallest absolute Gasteiger partial charge is 0.257 e. The molecule has 2 aromatic heterocycles. The van der Waals surface area contributed by atoms with Gasteiger partial charge in [-0.25, -0.2) is 0 Å². The third kappa shape index (κ3) is 4.70. The van der Waals surface area contributed by atoms with Crippen molar-refractivity contribution in [1.82, 2.24) is 15.5 Å². The first-order valence-corrected chi connectivity index (χ1v) is 9.20. The first-order valence-electron chi connectivity index (χ1n) is 9.20. The molecule has 1 amide bonds. The molecule has 0 saturated heterocycles. The summed E-state index contributed by atoms with van der Waals surface area (Å²) in [5.74, 6) is 1.85. The molecule has 1 N–H and O–H groups in total. The molecule has 4 rings (SSSR count). The van der Waals surface area contributed by atoms with Crippen LogP contribution in [-0.4, -0.2) is 29.3 Å². The fourth-order valence-electron chi connectivity index (χ4n) is 2.77. The molecule has 0 spiro atoms. The highest BCUT2D eigenvalue weighted by atomic mass is 16.5. The van der Waals surface area contributed by atoms with E-state index >= 15 is 0 Å². The van der Waals surface area contributed by atoms with Gasteiger partial charge >= 0.3 is 0 Å². The molecular weight excluding hydrogens is 370 g/mol. The lowest BCUT2D eigenvalue weighted by Gasteiger charge is -2.09. The quantitative estimate of drug-likeness (QED) is 0.494. The lowest BCUT2D eigenvalue weighted by atomic mass is 10.2. The molecule has 29 heavy (non-hydrogen) atoms. The van der Waals surface area contributed by atoms with Crippen LogP contribution < -0.4 is 10.1 Å². The van der Waals surface area contributed by atoms with Crippen molar-refractivity contribution < 1.29 is 18.4 Å². The maximum Gasteiger partial charge on any atom is 0.257 e. The van der Waals surface area contributed by atoms with E-state index in [1.807, 2.05) is 60.7 Å². The summed E-state index contributed by atoms with van der Waals surface area (Å²) in [7, 11) is 0. The third-order valence-electron chi connectivity index (χ3n) is 4.20. The summed E-state index contributed by atoms with van der Waals surface area (Å²) in [5, 5.41) is 11.0. The number of carbonyl (C=O) groups is 1. The topological polar surface area (TPSA) is 90.4 Å². The van der Waals surface area contributed by atoms with Crippen LogP contribution in [0, 0.1) is 0 Å². The van der Waals surface area contributed by atoms with E-state index in [0.717, 1.165) is 11.3 Å². The van der Waals surface area contributed by atoms with Crippen LogP contribution >= 0.6 is 0 Å². The van der Waals surface area contributed by atoms with E-state index in [2.05, 4.69) is 15.5 Å². The number of furan rings is 1. The second kappa shape index (κ2) is 8.88. The van der Waals surface area contributed by atoms with Gasteiger partial charge in [-0.1, -0.05) is 30.3 Å². The molecule has 0 unspecified atom stereocenters. The van der Waals surface area contributed by atoms with E-state index < -0.39 is 0 Å². The van der Waals surface area contributed by atoms with Crippen LogP contribution in [0.2, 0.25) is 0 Å². The molecule has 4 aromatic rings. The highest BCUT2D eigenvalue weighted by Crippen LogP contribution is 2.30. The normalized spacial score (nSPS) is 10.6. The molecule has 7 nitrogen and oxygen atoms in total. The highest BCUT2D eigenvalue weighted by Gasteiger charge is 2.15. The number of carbonyl (C=O) groups excluding carboxylic acids is 1. The second-order valence-electron chi connectivity index (χ2n) is 6.24. The summed E-state index contributed by atoms with van der Waals surface area (Å²) >= 11 is 0. The zero-order chi connectivity index (χ0) is 19.9. The second-order valence-corrected chi connectivity index (χ2v) is 6.24. The Morgan fingerprint density at radius 1 is 0.931 bits per heavy atom. The molecule has 0 fully saturated rings. The number of amides is 1. The molecule has 146 valence electrons. The van der Waals surface area contributed by atoms with Gasteiger partial charge in [0.25, 0.3) is 11.8 Å². The van der Waals surface area contributed by atoms with Crippen LogP contribution in [0.3, 0.4) is 0 Å². The molecule has 2 aromatic carbocycles. The molecule has 0 atom stereocenters. The summed E-state index contributed by atoms with van der Waals surface area (Å²) in [6.45, 7) is 0.357. The van der Waals surface area contributed by atoms with Crippen molar-refractivity contribution in [3.05, 3.63) is 78.8 Å². The van der Waals surface area contributed by atoms with Crippen LogP contribution in [-0.2, 0) is 11.2 Å². The standard InChI is InChI=1S/C22H19N3O4/c26-20(23-13-12-17-9-6-14-27-17)15-28-19-11-5-4-10-18(19)22-25-24-21(29-22)16-7-2-1-3-8-16/h1-11,14H,12-13,15H2,(H,23,26). The monoisotopic (exact) mass is 389 g/mol. The Morgan fingerprint density at radius 2 is 1.72 bits per heavy atom. The predicted octanol–water partition coefficient (Wildman–Crippen LogP) is 3.73. The Bertz CT molecular complexity index is 1060. The number of ether oxygens (including phenoxy) is 1. The lowest BCUT2D eigenvalue weighted by molar-refractivity contribution is -0.123. The third-order valence-corrected chi connectivity index (χ3v) is 4.20. The van der Waals surface area contributed by atoms with Crippen LogP contribution in [0.25, 0.3) is 22.9 Å². The van der Waals surface area contributed by atoms with E-state index in [9.17, 15) is 4.79 Å². The number of nitrogens with one attached hydrogen (secondary N) is 1. The number of rotatable bonds is 8. The molecule has 0 radical (unpaired) electrons. The average molecular weight is 389 g/mol. The fourth-order valence-corrected chi connectivity index (χ4v) is 2.77. The molecule has 0 aliphatic heterocycles. The summed E-state index contributed by atoms with van der Waals surface area (Å²) in [6, 6.07) is 20.4. The Labute approximate surface area is 167 Å². The van der Waals surface area contributed by atoms with Crippen molar-refractivity contribution in [2.45, 2.75) is 6.42 Å². The number of nitrogens with zero attached hydrogens (tertiary/aromatic N) is 2. The minimum absolute atomic E-state index is 0.116. The van der Waals surface area contributed by atoms with Crippen molar-refractivity contribution in [3.8, 4) is 28.7 Å². The molecule has 2 heterocycles. The van der Waals surface area contributed by atoms with Gasteiger partial charge in [-0.3, -0.25) is 4.79 Å². The van der Waals surface area contributed by atoms with Gasteiger partial charge in [0.05, 0.1) is 11.8 Å². The van der Waals surface area contributed by atoms with Gasteiger partial charge in [-0.2, -0.15) is 0 Å². The van der Waals surface area contributed by atoms with Crippen molar-refractivity contribution >= 4 is 5.91 Å².